The van der Waals surface area contributed by atoms with Crippen LogP contribution in [0.5, 0.6) is 0 Å². The number of rotatable bonds is 3. The molecule has 14 heavy (non-hydrogen) atoms. The van der Waals surface area contributed by atoms with Gasteiger partial charge in [0.25, 0.3) is 11.8 Å². The van der Waals surface area contributed by atoms with Crippen LogP contribution in [0, 0.1) is 5.92 Å². The van der Waals surface area contributed by atoms with Gasteiger partial charge in [0.2, 0.25) is 5.91 Å². The van der Waals surface area contributed by atoms with Gasteiger partial charge >= 0.3 is 0 Å². The summed E-state index contributed by atoms with van der Waals surface area (Å²) < 4.78 is 0. The van der Waals surface area contributed by atoms with Crippen LogP contribution in [0.1, 0.15) is 20.3 Å². The molecule has 6 nitrogen and oxygen atoms in total. The van der Waals surface area contributed by atoms with E-state index in [1.165, 1.54) is 0 Å². The Kier molecular flexibility index (Phi) is 3.06. The van der Waals surface area contributed by atoms with E-state index in [1.54, 1.807) is 0 Å². The van der Waals surface area contributed by atoms with Crippen LogP contribution in [0.15, 0.2) is 0 Å². The predicted molar refractivity (Wildman–Crippen MR) is 47.7 cm³/mol. The Bertz CT molecular complexity index is 259. The van der Waals surface area contributed by atoms with Crippen LogP contribution in [0.2, 0.25) is 0 Å². The van der Waals surface area contributed by atoms with Gasteiger partial charge in [-0.2, -0.15) is 0 Å². The minimum absolute atomic E-state index is 0.00928. The summed E-state index contributed by atoms with van der Waals surface area (Å²) in [6, 6.07) is 0.00928. The fraction of sp³-hybridized carbons (Fsp3) is 0.625. The molecule has 1 saturated heterocycles. The van der Waals surface area contributed by atoms with Crippen molar-refractivity contribution in [3.8, 4) is 0 Å². The molecule has 0 aliphatic carbocycles. The second-order valence-electron chi connectivity index (χ2n) is 3.46. The number of carbonyl (C=O) groups excluding carboxylic acids is 3. The molecule has 0 aromatic heterocycles. The summed E-state index contributed by atoms with van der Waals surface area (Å²) in [7, 11) is 0. The van der Waals surface area contributed by atoms with Crippen molar-refractivity contribution in [1.29, 1.82) is 0 Å². The largest absolute Gasteiger partial charge is 0.354 e. The Labute approximate surface area is 81.4 Å². The summed E-state index contributed by atoms with van der Waals surface area (Å²) in [4.78, 5) is 33.3. The van der Waals surface area contributed by atoms with Gasteiger partial charge in [-0.1, -0.05) is 0 Å². The standard InChI is InChI=1S/C8H13N3O3/c1-4(2)9-6(12)3-5-7(13)10-11-8(5)14/h4-5H,3H2,1-2H3,(H,9,12)(H,10,13)(H,11,14). The SMILES string of the molecule is CC(C)NC(=O)CC1C(=O)NNC1=O. The molecule has 0 aromatic carbocycles. The van der Waals surface area contributed by atoms with Gasteiger partial charge in [-0.05, 0) is 13.8 Å². The van der Waals surface area contributed by atoms with Crippen molar-refractivity contribution in [3.63, 3.8) is 0 Å². The lowest BCUT2D eigenvalue weighted by molar-refractivity contribution is -0.133. The van der Waals surface area contributed by atoms with Crippen LogP contribution in [0.25, 0.3) is 0 Å². The molecule has 0 bridgehead atoms. The highest BCUT2D eigenvalue weighted by Gasteiger charge is 2.34. The van der Waals surface area contributed by atoms with Crippen molar-refractivity contribution >= 4 is 17.7 Å². The van der Waals surface area contributed by atoms with Gasteiger partial charge < -0.3 is 5.32 Å². The molecule has 0 radical (unpaired) electrons. The molecule has 1 aliphatic heterocycles. The number of hydrogen-bond acceptors (Lipinski definition) is 3. The lowest BCUT2D eigenvalue weighted by atomic mass is 10.1. The van der Waals surface area contributed by atoms with Crippen molar-refractivity contribution in [2.45, 2.75) is 26.3 Å². The third-order valence-corrected chi connectivity index (χ3v) is 1.78. The van der Waals surface area contributed by atoms with Crippen LogP contribution in [0.4, 0.5) is 0 Å². The number of amides is 3. The molecule has 1 rings (SSSR count). The van der Waals surface area contributed by atoms with Gasteiger partial charge in [0, 0.05) is 12.5 Å². The first-order valence-electron chi connectivity index (χ1n) is 4.39. The lowest BCUT2D eigenvalue weighted by Gasteiger charge is -2.09. The second kappa shape index (κ2) is 4.08. The number of carbonyl (C=O) groups is 3. The summed E-state index contributed by atoms with van der Waals surface area (Å²) in [6.45, 7) is 3.62. The Balaban J connectivity index is 2.47. The topological polar surface area (TPSA) is 87.3 Å². The molecule has 0 aromatic rings. The van der Waals surface area contributed by atoms with E-state index in [9.17, 15) is 14.4 Å². The Morgan fingerprint density at radius 1 is 1.36 bits per heavy atom. The molecule has 6 heteroatoms. The molecule has 0 saturated carbocycles. The third kappa shape index (κ3) is 2.45. The van der Waals surface area contributed by atoms with E-state index < -0.39 is 17.7 Å². The summed E-state index contributed by atoms with van der Waals surface area (Å²) in [5.74, 6) is -2.09. The Hall–Kier alpha value is -1.59. The van der Waals surface area contributed by atoms with E-state index in [0.29, 0.717) is 0 Å². The zero-order valence-corrected chi connectivity index (χ0v) is 8.09. The lowest BCUT2D eigenvalue weighted by Crippen LogP contribution is -2.34. The normalized spacial score (nSPS) is 16.8. The van der Waals surface area contributed by atoms with Crippen LogP contribution in [-0.2, 0) is 14.4 Å². The van der Waals surface area contributed by atoms with E-state index in [-0.39, 0.29) is 18.4 Å². The molecule has 3 amide bonds. The van der Waals surface area contributed by atoms with Crippen LogP contribution >= 0.6 is 0 Å². The molecule has 3 N–H and O–H groups in total. The average Bonchev–Trinajstić information content (AvgIpc) is 2.34. The molecule has 0 spiro atoms. The van der Waals surface area contributed by atoms with E-state index in [4.69, 9.17) is 0 Å². The van der Waals surface area contributed by atoms with Gasteiger partial charge in [0.1, 0.15) is 5.92 Å². The van der Waals surface area contributed by atoms with Crippen LogP contribution in [0.3, 0.4) is 0 Å². The first-order valence-corrected chi connectivity index (χ1v) is 4.39. The van der Waals surface area contributed by atoms with E-state index in [2.05, 4.69) is 16.2 Å². The maximum atomic E-state index is 11.2. The van der Waals surface area contributed by atoms with E-state index in [1.807, 2.05) is 13.8 Å². The Morgan fingerprint density at radius 3 is 2.29 bits per heavy atom. The average molecular weight is 199 g/mol. The van der Waals surface area contributed by atoms with Crippen LogP contribution < -0.4 is 16.2 Å². The fourth-order valence-corrected chi connectivity index (χ4v) is 1.17. The minimum Gasteiger partial charge on any atom is -0.354 e. The van der Waals surface area contributed by atoms with E-state index >= 15 is 0 Å². The number of hydrogen-bond donors (Lipinski definition) is 3. The molecule has 0 atom stereocenters. The zero-order chi connectivity index (χ0) is 10.7. The smallest absolute Gasteiger partial charge is 0.251 e. The van der Waals surface area contributed by atoms with Crippen molar-refractivity contribution in [3.05, 3.63) is 0 Å². The first-order chi connectivity index (χ1) is 6.50. The first kappa shape index (κ1) is 10.5. The molecular formula is C8H13N3O3. The minimum atomic E-state index is -0.895. The quantitative estimate of drug-likeness (QED) is 0.492. The third-order valence-electron chi connectivity index (χ3n) is 1.78. The van der Waals surface area contributed by atoms with Crippen molar-refractivity contribution in [2.75, 3.05) is 0 Å². The van der Waals surface area contributed by atoms with E-state index in [0.717, 1.165) is 0 Å². The molecule has 78 valence electrons. The molecular weight excluding hydrogens is 186 g/mol. The molecule has 1 aliphatic rings. The van der Waals surface area contributed by atoms with Gasteiger partial charge in [-0.25, -0.2) is 0 Å². The summed E-state index contributed by atoms with van der Waals surface area (Å²) in [5.41, 5.74) is 4.32. The number of nitrogens with one attached hydrogen (secondary N) is 3. The monoisotopic (exact) mass is 199 g/mol. The Morgan fingerprint density at radius 2 is 1.86 bits per heavy atom. The highest BCUT2D eigenvalue weighted by molar-refractivity contribution is 6.07. The van der Waals surface area contributed by atoms with Gasteiger partial charge in [0.15, 0.2) is 0 Å². The number of hydrazine groups is 1. The highest BCUT2D eigenvalue weighted by Crippen LogP contribution is 2.07. The van der Waals surface area contributed by atoms with Crippen molar-refractivity contribution < 1.29 is 14.4 Å². The predicted octanol–water partition coefficient (Wildman–Crippen LogP) is -1.32. The summed E-state index contributed by atoms with van der Waals surface area (Å²) in [6.07, 6.45) is -0.101. The van der Waals surface area contributed by atoms with Gasteiger partial charge in [-0.15, -0.1) is 0 Å². The van der Waals surface area contributed by atoms with Crippen molar-refractivity contribution in [2.24, 2.45) is 5.92 Å². The molecule has 0 unspecified atom stereocenters. The maximum absolute atomic E-state index is 11.2. The second-order valence-corrected chi connectivity index (χ2v) is 3.46. The summed E-state index contributed by atoms with van der Waals surface area (Å²) >= 11 is 0. The highest BCUT2D eigenvalue weighted by atomic mass is 16.2. The summed E-state index contributed by atoms with van der Waals surface area (Å²) in [5, 5.41) is 2.61. The zero-order valence-electron chi connectivity index (χ0n) is 8.09. The maximum Gasteiger partial charge on any atom is 0.251 e. The van der Waals surface area contributed by atoms with Gasteiger partial charge in [-0.3, -0.25) is 25.2 Å². The fourth-order valence-electron chi connectivity index (χ4n) is 1.17. The molecule has 1 heterocycles. The van der Waals surface area contributed by atoms with Gasteiger partial charge in [0.05, 0.1) is 0 Å². The molecule has 1 fully saturated rings. The van der Waals surface area contributed by atoms with Crippen molar-refractivity contribution in [1.82, 2.24) is 16.2 Å². The van der Waals surface area contributed by atoms with Crippen LogP contribution in [-0.4, -0.2) is 23.8 Å².